The topological polar surface area (TPSA) is 69.6 Å². The van der Waals surface area contributed by atoms with Crippen LogP contribution in [0.2, 0.25) is 0 Å². The Bertz CT molecular complexity index is 568. The molecular formula is C16H20N2O3. The van der Waals surface area contributed by atoms with Crippen LogP contribution in [0.5, 0.6) is 0 Å². The minimum atomic E-state index is -0.946. The average molecular weight is 288 g/mol. The molecule has 3 rings (SSSR count). The second-order valence-corrected chi connectivity index (χ2v) is 6.03. The average Bonchev–Trinajstić information content (AvgIpc) is 3.30. The first-order chi connectivity index (χ1) is 10.1. The van der Waals surface area contributed by atoms with Crippen LogP contribution in [-0.4, -0.2) is 34.1 Å². The van der Waals surface area contributed by atoms with E-state index in [-0.39, 0.29) is 12.1 Å². The number of rotatable bonds is 3. The highest BCUT2D eigenvalue weighted by molar-refractivity contribution is 5.83. The maximum Gasteiger partial charge on any atom is 0.326 e. The van der Waals surface area contributed by atoms with E-state index in [2.05, 4.69) is 5.32 Å². The molecule has 2 N–H and O–H groups in total. The maximum atomic E-state index is 12.4. The van der Waals surface area contributed by atoms with Crippen LogP contribution >= 0.6 is 0 Å². The lowest BCUT2D eigenvalue weighted by Crippen LogP contribution is -2.54. The SMILES string of the molecule is CC(NC(=O)N1Cc2ccccc2C[C@H]1C(=O)O)C1CC1. The Morgan fingerprint density at radius 3 is 2.57 bits per heavy atom. The van der Waals surface area contributed by atoms with Gasteiger partial charge in [0.15, 0.2) is 0 Å². The van der Waals surface area contributed by atoms with Gasteiger partial charge in [-0.2, -0.15) is 0 Å². The van der Waals surface area contributed by atoms with E-state index in [1.165, 1.54) is 4.90 Å². The summed E-state index contributed by atoms with van der Waals surface area (Å²) in [4.78, 5) is 25.4. The minimum absolute atomic E-state index is 0.115. The molecule has 1 aliphatic carbocycles. The number of hydrogen-bond donors (Lipinski definition) is 2. The van der Waals surface area contributed by atoms with E-state index >= 15 is 0 Å². The van der Waals surface area contributed by atoms with E-state index < -0.39 is 12.0 Å². The van der Waals surface area contributed by atoms with Crippen LogP contribution in [-0.2, 0) is 17.8 Å². The molecule has 5 heteroatoms. The largest absolute Gasteiger partial charge is 0.480 e. The van der Waals surface area contributed by atoms with Gasteiger partial charge in [-0.1, -0.05) is 24.3 Å². The zero-order valence-electron chi connectivity index (χ0n) is 12.1. The number of benzene rings is 1. The van der Waals surface area contributed by atoms with Crippen molar-refractivity contribution in [1.29, 1.82) is 0 Å². The quantitative estimate of drug-likeness (QED) is 0.894. The number of fused-ring (bicyclic) bond motifs is 1. The van der Waals surface area contributed by atoms with Gasteiger partial charge < -0.3 is 15.3 Å². The summed E-state index contributed by atoms with van der Waals surface area (Å²) >= 11 is 0. The molecule has 1 aromatic carbocycles. The number of urea groups is 1. The molecule has 0 saturated heterocycles. The van der Waals surface area contributed by atoms with E-state index in [0.717, 1.165) is 24.0 Å². The van der Waals surface area contributed by atoms with Crippen LogP contribution in [0, 0.1) is 5.92 Å². The second kappa shape index (κ2) is 5.39. The zero-order chi connectivity index (χ0) is 15.0. The molecular weight excluding hydrogens is 268 g/mol. The van der Waals surface area contributed by atoms with Gasteiger partial charge in [-0.05, 0) is 36.8 Å². The van der Waals surface area contributed by atoms with Gasteiger partial charge in [0, 0.05) is 19.0 Å². The van der Waals surface area contributed by atoms with Gasteiger partial charge in [0.05, 0.1) is 0 Å². The molecule has 2 amide bonds. The van der Waals surface area contributed by atoms with Gasteiger partial charge in [0.1, 0.15) is 6.04 Å². The first kappa shape index (κ1) is 13.9. The summed E-state index contributed by atoms with van der Waals surface area (Å²) in [7, 11) is 0. The van der Waals surface area contributed by atoms with Crippen LogP contribution < -0.4 is 5.32 Å². The van der Waals surface area contributed by atoms with Crippen LogP contribution in [0.4, 0.5) is 4.79 Å². The summed E-state index contributed by atoms with van der Waals surface area (Å²) in [5, 5.41) is 12.4. The Hall–Kier alpha value is -2.04. The molecule has 1 aliphatic heterocycles. The Morgan fingerprint density at radius 1 is 1.29 bits per heavy atom. The van der Waals surface area contributed by atoms with Crippen molar-refractivity contribution in [3.63, 3.8) is 0 Å². The number of nitrogens with one attached hydrogen (secondary N) is 1. The lowest BCUT2D eigenvalue weighted by molar-refractivity contribution is -0.142. The van der Waals surface area contributed by atoms with Gasteiger partial charge in [-0.25, -0.2) is 9.59 Å². The third-order valence-electron chi connectivity index (χ3n) is 4.47. The Labute approximate surface area is 123 Å². The Kier molecular flexibility index (Phi) is 3.57. The fraction of sp³-hybridized carbons (Fsp3) is 0.500. The van der Waals surface area contributed by atoms with Crippen LogP contribution in [0.3, 0.4) is 0 Å². The third-order valence-corrected chi connectivity index (χ3v) is 4.47. The van der Waals surface area contributed by atoms with Crippen LogP contribution in [0.15, 0.2) is 24.3 Å². The van der Waals surface area contributed by atoms with Gasteiger partial charge in [0.2, 0.25) is 0 Å². The Balaban J connectivity index is 1.78. The number of hydrogen-bond acceptors (Lipinski definition) is 2. The molecule has 2 atom stereocenters. The summed E-state index contributed by atoms with van der Waals surface area (Å²) in [6.07, 6.45) is 2.66. The van der Waals surface area contributed by atoms with Crippen LogP contribution in [0.25, 0.3) is 0 Å². The van der Waals surface area contributed by atoms with Gasteiger partial charge in [-0.3, -0.25) is 0 Å². The monoisotopic (exact) mass is 288 g/mol. The second-order valence-electron chi connectivity index (χ2n) is 6.03. The van der Waals surface area contributed by atoms with Crippen molar-refractivity contribution in [2.45, 2.75) is 44.8 Å². The van der Waals surface area contributed by atoms with E-state index in [4.69, 9.17) is 0 Å². The molecule has 1 fully saturated rings. The summed E-state index contributed by atoms with van der Waals surface area (Å²) < 4.78 is 0. The van der Waals surface area contributed by atoms with Crippen molar-refractivity contribution in [3.05, 3.63) is 35.4 Å². The van der Waals surface area contributed by atoms with E-state index in [1.807, 2.05) is 31.2 Å². The van der Waals surface area contributed by atoms with Gasteiger partial charge >= 0.3 is 12.0 Å². The fourth-order valence-corrected chi connectivity index (χ4v) is 2.95. The molecule has 112 valence electrons. The van der Waals surface area contributed by atoms with E-state index in [1.54, 1.807) is 0 Å². The molecule has 1 heterocycles. The smallest absolute Gasteiger partial charge is 0.326 e. The molecule has 1 unspecified atom stereocenters. The van der Waals surface area contributed by atoms with Crippen molar-refractivity contribution < 1.29 is 14.7 Å². The van der Waals surface area contributed by atoms with E-state index in [0.29, 0.717) is 18.9 Å². The predicted octanol–water partition coefficient (Wildman–Crippen LogP) is 2.01. The van der Waals surface area contributed by atoms with Gasteiger partial charge in [-0.15, -0.1) is 0 Å². The first-order valence-corrected chi connectivity index (χ1v) is 7.43. The molecule has 0 spiro atoms. The van der Waals surface area contributed by atoms with Crippen molar-refractivity contribution in [3.8, 4) is 0 Å². The normalized spacial score (nSPS) is 22.3. The summed E-state index contributed by atoms with van der Waals surface area (Å²) in [5.74, 6) is -0.395. The van der Waals surface area contributed by atoms with Gasteiger partial charge in [0.25, 0.3) is 0 Å². The number of carboxylic acid groups (broad SMARTS) is 1. The highest BCUT2D eigenvalue weighted by atomic mass is 16.4. The summed E-state index contributed by atoms with van der Waals surface area (Å²) in [6, 6.07) is 6.78. The fourth-order valence-electron chi connectivity index (χ4n) is 2.95. The van der Waals surface area contributed by atoms with Crippen molar-refractivity contribution in [2.24, 2.45) is 5.92 Å². The van der Waals surface area contributed by atoms with Crippen molar-refractivity contribution in [2.75, 3.05) is 0 Å². The molecule has 1 aromatic rings. The lowest BCUT2D eigenvalue weighted by Gasteiger charge is -2.35. The first-order valence-electron chi connectivity index (χ1n) is 7.43. The van der Waals surface area contributed by atoms with Crippen LogP contribution in [0.1, 0.15) is 30.9 Å². The highest BCUT2D eigenvalue weighted by Gasteiger charge is 2.36. The van der Waals surface area contributed by atoms with Crippen molar-refractivity contribution in [1.82, 2.24) is 10.2 Å². The Morgan fingerprint density at radius 2 is 1.95 bits per heavy atom. The summed E-state index contributed by atoms with van der Waals surface area (Å²) in [5.41, 5.74) is 2.05. The molecule has 0 radical (unpaired) electrons. The lowest BCUT2D eigenvalue weighted by atomic mass is 9.94. The third kappa shape index (κ3) is 2.86. The van der Waals surface area contributed by atoms with Crippen molar-refractivity contribution >= 4 is 12.0 Å². The summed E-state index contributed by atoms with van der Waals surface area (Å²) in [6.45, 7) is 2.35. The number of aliphatic carboxylic acids is 1. The molecule has 21 heavy (non-hydrogen) atoms. The molecule has 0 aromatic heterocycles. The predicted molar refractivity (Wildman–Crippen MR) is 77.8 cm³/mol. The number of carboxylic acids is 1. The highest BCUT2D eigenvalue weighted by Crippen LogP contribution is 2.32. The number of amides is 2. The number of carbonyl (C=O) groups is 2. The standard InChI is InChI=1S/C16H20N2O3/c1-10(11-6-7-11)17-16(21)18-9-13-5-3-2-4-12(13)8-14(18)15(19)20/h2-5,10-11,14H,6-9H2,1H3,(H,17,21)(H,19,20)/t10?,14-/m0/s1. The molecule has 2 aliphatic rings. The number of nitrogens with zero attached hydrogens (tertiary/aromatic N) is 1. The molecule has 1 saturated carbocycles. The zero-order valence-corrected chi connectivity index (χ0v) is 12.1. The molecule has 0 bridgehead atoms. The number of carbonyl (C=O) groups excluding carboxylic acids is 1. The van der Waals surface area contributed by atoms with E-state index in [9.17, 15) is 14.7 Å². The molecule has 5 nitrogen and oxygen atoms in total. The maximum absolute atomic E-state index is 12.4. The minimum Gasteiger partial charge on any atom is -0.480 e.